The topological polar surface area (TPSA) is 86.7 Å². The predicted octanol–water partition coefficient (Wildman–Crippen LogP) is 0.332. The Kier molecular flexibility index (Phi) is 2.93. The molecule has 2 fully saturated rings. The number of hydrogen-bond acceptors (Lipinski definition) is 4. The minimum atomic E-state index is -0.648. The van der Waals surface area contributed by atoms with Gasteiger partial charge in [0.25, 0.3) is 5.91 Å². The Morgan fingerprint density at radius 2 is 2.10 bits per heavy atom. The molecule has 0 saturated carbocycles. The molecule has 104 valence electrons. The summed E-state index contributed by atoms with van der Waals surface area (Å²) in [5, 5.41) is 12.1. The van der Waals surface area contributed by atoms with Gasteiger partial charge >= 0.3 is 0 Å². The highest BCUT2D eigenvalue weighted by molar-refractivity contribution is 6.04. The maximum atomic E-state index is 12.4. The Morgan fingerprint density at radius 3 is 2.85 bits per heavy atom. The molecule has 3 amide bonds. The van der Waals surface area contributed by atoms with Gasteiger partial charge in [0.1, 0.15) is 11.8 Å². The van der Waals surface area contributed by atoms with Gasteiger partial charge < -0.3 is 10.0 Å². The van der Waals surface area contributed by atoms with Gasteiger partial charge in [-0.25, -0.2) is 0 Å². The molecule has 6 nitrogen and oxygen atoms in total. The first-order valence-corrected chi connectivity index (χ1v) is 6.49. The molecule has 1 aliphatic carbocycles. The summed E-state index contributed by atoms with van der Waals surface area (Å²) < 4.78 is 0. The molecule has 1 unspecified atom stereocenters. The highest BCUT2D eigenvalue weighted by Crippen LogP contribution is 2.29. The Bertz CT molecular complexity index is 600. The van der Waals surface area contributed by atoms with Gasteiger partial charge in [-0.15, -0.1) is 0 Å². The van der Waals surface area contributed by atoms with Gasteiger partial charge in [0, 0.05) is 25.0 Å². The lowest BCUT2D eigenvalue weighted by atomic mass is 9.94. The highest BCUT2D eigenvalue weighted by Gasteiger charge is 2.38. The number of nitrogens with one attached hydrogen (secondary N) is 1. The summed E-state index contributed by atoms with van der Waals surface area (Å²) in [6.07, 6.45) is 5.78. The van der Waals surface area contributed by atoms with Crippen LogP contribution in [0.2, 0.25) is 0 Å². The Hall–Kier alpha value is -2.37. The largest absolute Gasteiger partial charge is 0.508 e. The van der Waals surface area contributed by atoms with Crippen molar-refractivity contribution in [3.05, 3.63) is 35.1 Å². The number of fused-ring (bicyclic) bond motifs is 2. The van der Waals surface area contributed by atoms with E-state index in [1.807, 2.05) is 0 Å². The number of aliphatic hydroxyl groups excluding tert-OH is 1. The molecule has 2 aliphatic heterocycles. The van der Waals surface area contributed by atoms with E-state index in [0.717, 1.165) is 0 Å². The fourth-order valence-electron chi connectivity index (χ4n) is 2.73. The number of amides is 3. The van der Waals surface area contributed by atoms with E-state index in [2.05, 4.69) is 5.32 Å². The van der Waals surface area contributed by atoms with Crippen LogP contribution in [-0.2, 0) is 14.4 Å². The number of allylic oxidation sites excluding steroid dienone is 3. The fraction of sp³-hybridized carbons (Fsp3) is 0.357. The molecule has 2 N–H and O–H groups in total. The molecule has 3 rings (SSSR count). The van der Waals surface area contributed by atoms with E-state index in [4.69, 9.17) is 0 Å². The van der Waals surface area contributed by atoms with Crippen LogP contribution in [-0.4, -0.2) is 40.3 Å². The van der Waals surface area contributed by atoms with Gasteiger partial charge in [-0.1, -0.05) is 12.2 Å². The molecule has 1 atom stereocenters. The van der Waals surface area contributed by atoms with Crippen molar-refractivity contribution < 1.29 is 19.5 Å². The van der Waals surface area contributed by atoms with Gasteiger partial charge in [-0.05, 0) is 18.1 Å². The first-order valence-electron chi connectivity index (χ1n) is 6.49. The Balaban J connectivity index is 1.91. The van der Waals surface area contributed by atoms with Gasteiger partial charge in [-0.3, -0.25) is 19.7 Å². The average molecular weight is 274 g/mol. The van der Waals surface area contributed by atoms with Crippen LogP contribution >= 0.6 is 0 Å². The molecule has 3 aliphatic rings. The minimum absolute atomic E-state index is 0.140. The normalized spacial score (nSPS) is 26.4. The molecule has 2 bridgehead atoms. The van der Waals surface area contributed by atoms with Crippen LogP contribution in [0.25, 0.3) is 0 Å². The second-order valence-corrected chi connectivity index (χ2v) is 5.12. The molecule has 0 radical (unpaired) electrons. The Morgan fingerprint density at radius 1 is 1.30 bits per heavy atom. The third kappa shape index (κ3) is 2.03. The van der Waals surface area contributed by atoms with Crippen LogP contribution in [0, 0.1) is 0 Å². The minimum Gasteiger partial charge on any atom is -0.508 e. The molecule has 0 aromatic heterocycles. The van der Waals surface area contributed by atoms with Crippen molar-refractivity contribution in [3.63, 3.8) is 0 Å². The number of aliphatic hydroxyl groups is 1. The van der Waals surface area contributed by atoms with Crippen LogP contribution < -0.4 is 5.32 Å². The summed E-state index contributed by atoms with van der Waals surface area (Å²) in [7, 11) is 0. The molecule has 0 aromatic rings. The van der Waals surface area contributed by atoms with Gasteiger partial charge in [-0.2, -0.15) is 0 Å². The third-order valence-electron chi connectivity index (χ3n) is 3.80. The lowest BCUT2D eigenvalue weighted by molar-refractivity contribution is -0.144. The lowest BCUT2D eigenvalue weighted by Gasteiger charge is -2.37. The molecule has 0 aromatic carbocycles. The number of nitrogens with zero attached hydrogens (tertiary/aromatic N) is 1. The third-order valence-corrected chi connectivity index (χ3v) is 3.80. The molecule has 2 heterocycles. The van der Waals surface area contributed by atoms with E-state index >= 15 is 0 Å². The molecule has 0 spiro atoms. The number of hydrogen-bond donors (Lipinski definition) is 2. The number of piperidine rings is 2. The maximum Gasteiger partial charge on any atom is 0.251 e. The number of imide groups is 1. The first kappa shape index (κ1) is 12.7. The van der Waals surface area contributed by atoms with Crippen molar-refractivity contribution in [3.8, 4) is 0 Å². The number of rotatable bonds is 1. The van der Waals surface area contributed by atoms with Gasteiger partial charge in [0.2, 0.25) is 11.8 Å². The predicted molar refractivity (Wildman–Crippen MR) is 69.4 cm³/mol. The first-order chi connectivity index (χ1) is 9.56. The van der Waals surface area contributed by atoms with Crippen LogP contribution in [0.4, 0.5) is 0 Å². The van der Waals surface area contributed by atoms with Crippen molar-refractivity contribution in [1.82, 2.24) is 10.2 Å². The maximum absolute atomic E-state index is 12.4. The summed E-state index contributed by atoms with van der Waals surface area (Å²) in [5.74, 6) is -0.818. The van der Waals surface area contributed by atoms with Gasteiger partial charge in [0.15, 0.2) is 0 Å². The zero-order valence-corrected chi connectivity index (χ0v) is 10.8. The van der Waals surface area contributed by atoms with Crippen LogP contribution in [0.15, 0.2) is 35.1 Å². The summed E-state index contributed by atoms with van der Waals surface area (Å²) >= 11 is 0. The SMILES string of the molecule is O=C1CCC(N2CC3=C(O)C=CC=C(C3)C2=O)C(=O)N1. The van der Waals surface area contributed by atoms with E-state index < -0.39 is 11.9 Å². The van der Waals surface area contributed by atoms with Gasteiger partial charge in [0.05, 0.1) is 0 Å². The van der Waals surface area contributed by atoms with E-state index in [1.165, 1.54) is 4.90 Å². The number of carbonyl (C=O) groups excluding carboxylic acids is 3. The van der Waals surface area contributed by atoms with Crippen molar-refractivity contribution >= 4 is 17.7 Å². The average Bonchev–Trinajstić information content (AvgIpc) is 2.55. The quantitative estimate of drug-likeness (QED) is 0.675. The van der Waals surface area contributed by atoms with E-state index in [0.29, 0.717) is 24.0 Å². The fourth-order valence-corrected chi connectivity index (χ4v) is 2.73. The lowest BCUT2D eigenvalue weighted by Crippen LogP contribution is -2.56. The summed E-state index contributed by atoms with van der Waals surface area (Å²) in [4.78, 5) is 36.9. The van der Waals surface area contributed by atoms with E-state index in [-0.39, 0.29) is 30.5 Å². The number of carbonyl (C=O) groups is 3. The van der Waals surface area contributed by atoms with Crippen molar-refractivity contribution in [2.45, 2.75) is 25.3 Å². The van der Waals surface area contributed by atoms with Crippen molar-refractivity contribution in [2.24, 2.45) is 0 Å². The van der Waals surface area contributed by atoms with E-state index in [1.54, 1.807) is 18.2 Å². The Labute approximate surface area is 115 Å². The van der Waals surface area contributed by atoms with Crippen molar-refractivity contribution in [2.75, 3.05) is 6.54 Å². The van der Waals surface area contributed by atoms with Crippen LogP contribution in [0.1, 0.15) is 19.3 Å². The summed E-state index contributed by atoms with van der Waals surface area (Å²) in [5.41, 5.74) is 1.27. The molecule has 20 heavy (non-hydrogen) atoms. The zero-order chi connectivity index (χ0) is 14.3. The number of likely N-dealkylation sites (tertiary alicyclic amines) is 1. The second-order valence-electron chi connectivity index (χ2n) is 5.12. The monoisotopic (exact) mass is 274 g/mol. The molecule has 6 heteroatoms. The zero-order valence-electron chi connectivity index (χ0n) is 10.8. The highest BCUT2D eigenvalue weighted by atomic mass is 16.3. The van der Waals surface area contributed by atoms with Crippen molar-refractivity contribution in [1.29, 1.82) is 0 Å². The molecular weight excluding hydrogens is 260 g/mol. The molecule has 2 saturated heterocycles. The van der Waals surface area contributed by atoms with Crippen LogP contribution in [0.3, 0.4) is 0 Å². The molecular formula is C14H14N2O4. The second kappa shape index (κ2) is 4.63. The standard InChI is InChI=1S/C14H14N2O4/c17-11-3-1-2-8-6-9(11)7-16(14(8)20)10-4-5-12(18)15-13(10)19/h1-3,10,17H,4-7H2,(H,15,18,19). The smallest absolute Gasteiger partial charge is 0.251 e. The summed E-state index contributed by atoms with van der Waals surface area (Å²) in [6, 6.07) is -0.648. The summed E-state index contributed by atoms with van der Waals surface area (Å²) in [6.45, 7) is 0.221. The van der Waals surface area contributed by atoms with E-state index in [9.17, 15) is 19.5 Å². The van der Waals surface area contributed by atoms with Crippen LogP contribution in [0.5, 0.6) is 0 Å².